The molecule has 3 heteroatoms. The minimum Gasteiger partial charge on any atom is -0.299 e. The van der Waals surface area contributed by atoms with Crippen LogP contribution in [-0.2, 0) is 4.79 Å². The van der Waals surface area contributed by atoms with Gasteiger partial charge in [0.25, 0.3) is 0 Å². The van der Waals surface area contributed by atoms with Gasteiger partial charge in [0.05, 0.1) is 0 Å². The Hall–Kier alpha value is -0.410. The first-order chi connectivity index (χ1) is 8.74. The Morgan fingerprint density at radius 1 is 1.17 bits per heavy atom. The van der Waals surface area contributed by atoms with Gasteiger partial charge in [-0.1, -0.05) is 6.42 Å². The van der Waals surface area contributed by atoms with E-state index in [1.807, 2.05) is 0 Å². The molecule has 0 aromatic carbocycles. The minimum absolute atomic E-state index is 0.342. The van der Waals surface area contributed by atoms with Gasteiger partial charge in [-0.15, -0.1) is 0 Å². The molecule has 3 unspecified atom stereocenters. The zero-order valence-electron chi connectivity index (χ0n) is 11.6. The van der Waals surface area contributed by atoms with Crippen molar-refractivity contribution in [1.29, 1.82) is 0 Å². The normalized spacial score (nSPS) is 38.9. The maximum Gasteiger partial charge on any atom is 0.137 e. The SMILES string of the molecule is CC1CN2CCCC2CN1CC1CCCCC1=O. The molecule has 3 nitrogen and oxygen atoms in total. The molecule has 0 aromatic heterocycles. The number of rotatable bonds is 2. The summed E-state index contributed by atoms with van der Waals surface area (Å²) >= 11 is 0. The maximum absolute atomic E-state index is 12.0. The molecule has 1 saturated carbocycles. The summed E-state index contributed by atoms with van der Waals surface area (Å²) in [5, 5.41) is 0. The van der Waals surface area contributed by atoms with Crippen LogP contribution >= 0.6 is 0 Å². The second kappa shape index (κ2) is 5.30. The topological polar surface area (TPSA) is 23.6 Å². The maximum atomic E-state index is 12.0. The monoisotopic (exact) mass is 250 g/mol. The Balaban J connectivity index is 1.59. The van der Waals surface area contributed by atoms with Crippen LogP contribution in [0.15, 0.2) is 0 Å². The number of piperazine rings is 1. The van der Waals surface area contributed by atoms with Gasteiger partial charge in [0.1, 0.15) is 5.78 Å². The molecule has 102 valence electrons. The molecule has 1 aliphatic carbocycles. The van der Waals surface area contributed by atoms with Gasteiger partial charge in [0.15, 0.2) is 0 Å². The predicted molar refractivity (Wildman–Crippen MR) is 72.6 cm³/mol. The number of carbonyl (C=O) groups excluding carboxylic acids is 1. The Morgan fingerprint density at radius 2 is 2.06 bits per heavy atom. The molecular formula is C15H26N2O. The van der Waals surface area contributed by atoms with E-state index in [1.54, 1.807) is 0 Å². The summed E-state index contributed by atoms with van der Waals surface area (Å²) in [6, 6.07) is 1.41. The predicted octanol–water partition coefficient (Wildman–Crippen LogP) is 1.91. The van der Waals surface area contributed by atoms with Crippen molar-refractivity contribution >= 4 is 5.78 Å². The van der Waals surface area contributed by atoms with E-state index in [2.05, 4.69) is 16.7 Å². The van der Waals surface area contributed by atoms with Crippen molar-refractivity contribution in [2.45, 2.75) is 57.5 Å². The summed E-state index contributed by atoms with van der Waals surface area (Å²) < 4.78 is 0. The van der Waals surface area contributed by atoms with E-state index < -0.39 is 0 Å². The zero-order chi connectivity index (χ0) is 12.5. The Kier molecular flexibility index (Phi) is 3.71. The lowest BCUT2D eigenvalue weighted by Crippen LogP contribution is -2.56. The smallest absolute Gasteiger partial charge is 0.137 e. The number of carbonyl (C=O) groups is 1. The van der Waals surface area contributed by atoms with Gasteiger partial charge >= 0.3 is 0 Å². The Bertz CT molecular complexity index is 318. The summed E-state index contributed by atoms with van der Waals surface area (Å²) in [7, 11) is 0. The van der Waals surface area contributed by atoms with Crippen molar-refractivity contribution in [3.8, 4) is 0 Å². The van der Waals surface area contributed by atoms with Crippen molar-refractivity contribution in [3.05, 3.63) is 0 Å². The van der Waals surface area contributed by atoms with E-state index in [0.29, 0.717) is 17.7 Å². The van der Waals surface area contributed by atoms with Gasteiger partial charge < -0.3 is 0 Å². The highest BCUT2D eigenvalue weighted by Gasteiger charge is 2.36. The van der Waals surface area contributed by atoms with Crippen LogP contribution in [0, 0.1) is 5.92 Å². The van der Waals surface area contributed by atoms with E-state index in [9.17, 15) is 4.79 Å². The lowest BCUT2D eigenvalue weighted by atomic mass is 9.87. The molecule has 2 aliphatic heterocycles. The van der Waals surface area contributed by atoms with Crippen LogP contribution in [0.1, 0.15) is 45.4 Å². The van der Waals surface area contributed by atoms with Crippen molar-refractivity contribution < 1.29 is 4.79 Å². The summed E-state index contributed by atoms with van der Waals surface area (Å²) in [5.74, 6) is 0.872. The highest BCUT2D eigenvalue weighted by atomic mass is 16.1. The fraction of sp³-hybridized carbons (Fsp3) is 0.933. The molecule has 0 aromatic rings. The third-order valence-electron chi connectivity index (χ3n) is 5.20. The van der Waals surface area contributed by atoms with Crippen LogP contribution in [0.25, 0.3) is 0 Å². The quantitative estimate of drug-likeness (QED) is 0.748. The second-order valence-corrected chi connectivity index (χ2v) is 6.50. The Labute approximate surface area is 111 Å². The molecule has 2 saturated heterocycles. The van der Waals surface area contributed by atoms with Gasteiger partial charge in [0, 0.05) is 44.1 Å². The number of hydrogen-bond acceptors (Lipinski definition) is 3. The summed E-state index contributed by atoms with van der Waals surface area (Å²) in [5.41, 5.74) is 0. The van der Waals surface area contributed by atoms with Crippen LogP contribution < -0.4 is 0 Å². The van der Waals surface area contributed by atoms with Gasteiger partial charge in [-0.3, -0.25) is 14.6 Å². The first-order valence-corrected chi connectivity index (χ1v) is 7.75. The lowest BCUT2D eigenvalue weighted by molar-refractivity contribution is -0.125. The van der Waals surface area contributed by atoms with Crippen molar-refractivity contribution in [2.75, 3.05) is 26.2 Å². The van der Waals surface area contributed by atoms with Crippen LogP contribution in [-0.4, -0.2) is 53.8 Å². The lowest BCUT2D eigenvalue weighted by Gasteiger charge is -2.43. The van der Waals surface area contributed by atoms with Crippen LogP contribution in [0.2, 0.25) is 0 Å². The molecule has 0 amide bonds. The van der Waals surface area contributed by atoms with E-state index in [4.69, 9.17) is 0 Å². The molecule has 2 heterocycles. The average molecular weight is 250 g/mol. The Morgan fingerprint density at radius 3 is 2.89 bits per heavy atom. The molecule has 3 fully saturated rings. The van der Waals surface area contributed by atoms with Crippen LogP contribution in [0.5, 0.6) is 0 Å². The number of nitrogens with zero attached hydrogens (tertiary/aromatic N) is 2. The van der Waals surface area contributed by atoms with E-state index >= 15 is 0 Å². The fourth-order valence-corrected chi connectivity index (χ4v) is 4.03. The number of Topliss-reactive ketones (excluding diaryl/α,β-unsaturated/α-hetero) is 1. The van der Waals surface area contributed by atoms with Gasteiger partial charge in [-0.25, -0.2) is 0 Å². The average Bonchev–Trinajstić information content (AvgIpc) is 2.79. The molecule has 3 atom stereocenters. The molecule has 3 rings (SSSR count). The standard InChI is InChI=1S/C15H26N2O/c1-12-9-16-8-4-6-14(16)11-17(12)10-13-5-2-3-7-15(13)18/h12-14H,2-11H2,1H3. The highest BCUT2D eigenvalue weighted by Crippen LogP contribution is 2.27. The van der Waals surface area contributed by atoms with Crippen molar-refractivity contribution in [1.82, 2.24) is 9.80 Å². The minimum atomic E-state index is 0.342. The van der Waals surface area contributed by atoms with E-state index in [1.165, 1.54) is 38.9 Å². The van der Waals surface area contributed by atoms with Crippen LogP contribution in [0.4, 0.5) is 0 Å². The molecule has 0 spiro atoms. The molecule has 0 radical (unpaired) electrons. The molecule has 18 heavy (non-hydrogen) atoms. The zero-order valence-corrected chi connectivity index (χ0v) is 11.6. The first kappa shape index (κ1) is 12.6. The fourth-order valence-electron chi connectivity index (χ4n) is 4.03. The second-order valence-electron chi connectivity index (χ2n) is 6.50. The van der Waals surface area contributed by atoms with Gasteiger partial charge in [-0.2, -0.15) is 0 Å². The number of hydrogen-bond donors (Lipinski definition) is 0. The summed E-state index contributed by atoms with van der Waals surface area (Å²) in [6.07, 6.45) is 7.09. The van der Waals surface area contributed by atoms with E-state index in [-0.39, 0.29) is 0 Å². The summed E-state index contributed by atoms with van der Waals surface area (Å²) in [6.45, 7) is 7.08. The third kappa shape index (κ3) is 2.48. The molecule has 0 N–H and O–H groups in total. The van der Waals surface area contributed by atoms with Gasteiger partial charge in [-0.05, 0) is 39.2 Å². The highest BCUT2D eigenvalue weighted by molar-refractivity contribution is 5.81. The van der Waals surface area contributed by atoms with Crippen LogP contribution in [0.3, 0.4) is 0 Å². The number of fused-ring (bicyclic) bond motifs is 1. The third-order valence-corrected chi connectivity index (χ3v) is 5.20. The number of ketones is 1. The molecule has 0 bridgehead atoms. The molecule has 3 aliphatic rings. The van der Waals surface area contributed by atoms with Crippen molar-refractivity contribution in [3.63, 3.8) is 0 Å². The van der Waals surface area contributed by atoms with E-state index in [0.717, 1.165) is 31.8 Å². The largest absolute Gasteiger partial charge is 0.299 e. The van der Waals surface area contributed by atoms with Crippen molar-refractivity contribution in [2.24, 2.45) is 5.92 Å². The first-order valence-electron chi connectivity index (χ1n) is 7.75. The molecular weight excluding hydrogens is 224 g/mol. The summed E-state index contributed by atoms with van der Waals surface area (Å²) in [4.78, 5) is 17.2. The van der Waals surface area contributed by atoms with Gasteiger partial charge in [0.2, 0.25) is 0 Å².